The van der Waals surface area contributed by atoms with Crippen LogP contribution in [0.15, 0.2) is 0 Å². The van der Waals surface area contributed by atoms with E-state index in [9.17, 15) is 33.6 Å². The molecule has 2 saturated heterocycles. The fourth-order valence-electron chi connectivity index (χ4n) is 3.89. The van der Waals surface area contributed by atoms with E-state index in [0.717, 1.165) is 0 Å². The van der Waals surface area contributed by atoms with E-state index in [1.807, 2.05) is 0 Å². The standard InChI is InChI=1S/C20H31N7O7/c1-12(28)22-9-16(30)24-11-18(32)26-6-3-5-14(26)20(34)27-7-2-4-13(27)19(33)25-10-17(31)23-8-15(21)29/h13-14H,2-11H2,1H3,(H2,21,29)(H,22,28)(H,23,31)(H,24,30)(H,25,33)/t13-,14-/m0/s1. The SMILES string of the molecule is CC(=O)NCC(=O)NCC(=O)N1CCC[C@H]1C(=O)N1CCC[C@H]1C(=O)NCC(=O)NCC(N)=O. The van der Waals surface area contributed by atoms with Gasteiger partial charge < -0.3 is 36.8 Å². The normalized spacial score (nSPS) is 19.3. The maximum absolute atomic E-state index is 13.2. The highest BCUT2D eigenvalue weighted by atomic mass is 16.2. The van der Waals surface area contributed by atoms with Gasteiger partial charge in [-0.3, -0.25) is 33.6 Å². The van der Waals surface area contributed by atoms with E-state index >= 15 is 0 Å². The largest absolute Gasteiger partial charge is 0.368 e. The Balaban J connectivity index is 1.89. The van der Waals surface area contributed by atoms with Crippen LogP contribution < -0.4 is 27.0 Å². The molecule has 34 heavy (non-hydrogen) atoms. The highest BCUT2D eigenvalue weighted by molar-refractivity contribution is 5.95. The zero-order valence-corrected chi connectivity index (χ0v) is 19.1. The van der Waals surface area contributed by atoms with Crippen LogP contribution in [0.5, 0.6) is 0 Å². The van der Waals surface area contributed by atoms with E-state index < -0.39 is 41.6 Å². The lowest BCUT2D eigenvalue weighted by atomic mass is 10.1. The summed E-state index contributed by atoms with van der Waals surface area (Å²) in [7, 11) is 0. The first-order valence-corrected chi connectivity index (χ1v) is 11.0. The van der Waals surface area contributed by atoms with Crippen molar-refractivity contribution < 1.29 is 33.6 Å². The maximum atomic E-state index is 13.2. The minimum atomic E-state index is -0.772. The summed E-state index contributed by atoms with van der Waals surface area (Å²) in [5.41, 5.74) is 4.95. The molecular weight excluding hydrogens is 450 g/mol. The quantitative estimate of drug-likeness (QED) is 0.209. The summed E-state index contributed by atoms with van der Waals surface area (Å²) >= 11 is 0. The molecule has 14 nitrogen and oxygen atoms in total. The van der Waals surface area contributed by atoms with Crippen molar-refractivity contribution in [3.8, 4) is 0 Å². The molecule has 0 aromatic rings. The molecule has 0 bridgehead atoms. The van der Waals surface area contributed by atoms with E-state index in [-0.39, 0.29) is 38.0 Å². The molecule has 7 amide bonds. The monoisotopic (exact) mass is 481 g/mol. The Bertz CT molecular complexity index is 781. The highest BCUT2D eigenvalue weighted by Crippen LogP contribution is 2.25. The summed E-state index contributed by atoms with van der Waals surface area (Å²) < 4.78 is 0. The lowest BCUT2D eigenvalue weighted by Crippen LogP contribution is -2.54. The first kappa shape index (κ1) is 26.5. The second-order valence-electron chi connectivity index (χ2n) is 8.08. The molecule has 2 atom stereocenters. The number of amides is 7. The van der Waals surface area contributed by atoms with Crippen LogP contribution in [0.3, 0.4) is 0 Å². The fourth-order valence-corrected chi connectivity index (χ4v) is 3.89. The summed E-state index contributed by atoms with van der Waals surface area (Å²) in [5, 5.41) is 9.45. The van der Waals surface area contributed by atoms with Crippen molar-refractivity contribution in [3.63, 3.8) is 0 Å². The predicted octanol–water partition coefficient (Wildman–Crippen LogP) is -4.06. The number of carbonyl (C=O) groups is 7. The van der Waals surface area contributed by atoms with Crippen LogP contribution in [0.25, 0.3) is 0 Å². The maximum Gasteiger partial charge on any atom is 0.246 e. The number of hydrogen-bond donors (Lipinski definition) is 5. The Morgan fingerprint density at radius 2 is 1.29 bits per heavy atom. The van der Waals surface area contributed by atoms with Crippen LogP contribution in [0.2, 0.25) is 0 Å². The number of rotatable bonds is 10. The molecule has 0 spiro atoms. The van der Waals surface area contributed by atoms with E-state index in [1.165, 1.54) is 16.7 Å². The number of primary amides is 1. The van der Waals surface area contributed by atoms with Crippen molar-refractivity contribution in [1.82, 2.24) is 31.1 Å². The van der Waals surface area contributed by atoms with Crippen molar-refractivity contribution in [3.05, 3.63) is 0 Å². The zero-order chi connectivity index (χ0) is 25.3. The van der Waals surface area contributed by atoms with Gasteiger partial charge in [-0.1, -0.05) is 0 Å². The van der Waals surface area contributed by atoms with Crippen LogP contribution >= 0.6 is 0 Å². The number of nitrogens with two attached hydrogens (primary N) is 1. The molecule has 2 fully saturated rings. The van der Waals surface area contributed by atoms with Gasteiger partial charge in [0.2, 0.25) is 41.4 Å². The Labute approximate surface area is 196 Å². The average molecular weight is 482 g/mol. The molecule has 0 radical (unpaired) electrons. The molecule has 0 aliphatic carbocycles. The van der Waals surface area contributed by atoms with Gasteiger partial charge in [-0.25, -0.2) is 0 Å². The number of nitrogens with one attached hydrogen (secondary N) is 4. The van der Waals surface area contributed by atoms with Gasteiger partial charge in [0.1, 0.15) is 12.1 Å². The molecule has 6 N–H and O–H groups in total. The molecule has 188 valence electrons. The van der Waals surface area contributed by atoms with Crippen LogP contribution in [-0.2, 0) is 33.6 Å². The van der Waals surface area contributed by atoms with Gasteiger partial charge in [0.15, 0.2) is 0 Å². The summed E-state index contributed by atoms with van der Waals surface area (Å²) in [6.45, 7) is 0.684. The van der Waals surface area contributed by atoms with E-state index in [1.54, 1.807) is 0 Å². The molecule has 2 heterocycles. The molecule has 0 aromatic carbocycles. The predicted molar refractivity (Wildman–Crippen MR) is 116 cm³/mol. The van der Waals surface area contributed by atoms with Gasteiger partial charge in [-0.15, -0.1) is 0 Å². The summed E-state index contributed by atoms with van der Waals surface area (Å²) in [5.74, 6) is -3.49. The molecule has 2 rings (SSSR count). The Hall–Kier alpha value is -3.71. The fraction of sp³-hybridized carbons (Fsp3) is 0.650. The number of carbonyl (C=O) groups excluding carboxylic acids is 7. The molecular formula is C20H31N7O7. The third-order valence-electron chi connectivity index (χ3n) is 5.51. The van der Waals surface area contributed by atoms with E-state index in [0.29, 0.717) is 38.8 Å². The Kier molecular flexibility index (Phi) is 9.76. The third kappa shape index (κ3) is 7.71. The molecule has 2 aliphatic heterocycles. The van der Waals surface area contributed by atoms with Gasteiger partial charge in [-0.05, 0) is 25.7 Å². The van der Waals surface area contributed by atoms with Crippen molar-refractivity contribution in [1.29, 1.82) is 0 Å². The zero-order valence-electron chi connectivity index (χ0n) is 19.1. The molecule has 2 aliphatic rings. The minimum absolute atomic E-state index is 0.254. The van der Waals surface area contributed by atoms with Gasteiger partial charge in [0.05, 0.1) is 26.2 Å². The second-order valence-corrected chi connectivity index (χ2v) is 8.08. The third-order valence-corrected chi connectivity index (χ3v) is 5.51. The number of nitrogens with zero attached hydrogens (tertiary/aromatic N) is 2. The Morgan fingerprint density at radius 3 is 1.91 bits per heavy atom. The van der Waals surface area contributed by atoms with Crippen molar-refractivity contribution in [2.24, 2.45) is 5.73 Å². The summed E-state index contributed by atoms with van der Waals surface area (Å²) in [6, 6.07) is -1.52. The van der Waals surface area contributed by atoms with Crippen molar-refractivity contribution in [2.45, 2.75) is 44.7 Å². The van der Waals surface area contributed by atoms with Crippen molar-refractivity contribution in [2.75, 3.05) is 39.3 Å². The molecule has 0 saturated carbocycles. The minimum Gasteiger partial charge on any atom is -0.368 e. The van der Waals surface area contributed by atoms with Gasteiger partial charge in [-0.2, -0.15) is 0 Å². The van der Waals surface area contributed by atoms with Crippen LogP contribution in [-0.4, -0.2) is 103 Å². The highest BCUT2D eigenvalue weighted by Gasteiger charge is 2.42. The van der Waals surface area contributed by atoms with Crippen LogP contribution in [0.1, 0.15) is 32.6 Å². The summed E-state index contributed by atoms with van der Waals surface area (Å²) in [4.78, 5) is 86.2. The van der Waals surface area contributed by atoms with Crippen LogP contribution in [0, 0.1) is 0 Å². The van der Waals surface area contributed by atoms with Gasteiger partial charge in [0.25, 0.3) is 0 Å². The van der Waals surface area contributed by atoms with E-state index in [2.05, 4.69) is 21.3 Å². The average Bonchev–Trinajstić information content (AvgIpc) is 3.47. The number of hydrogen-bond acceptors (Lipinski definition) is 7. The van der Waals surface area contributed by atoms with Crippen molar-refractivity contribution >= 4 is 41.4 Å². The lowest BCUT2D eigenvalue weighted by Gasteiger charge is -2.31. The molecule has 14 heteroatoms. The van der Waals surface area contributed by atoms with Gasteiger partial charge in [0, 0.05) is 20.0 Å². The van der Waals surface area contributed by atoms with E-state index in [4.69, 9.17) is 5.73 Å². The first-order valence-electron chi connectivity index (χ1n) is 11.0. The number of likely N-dealkylation sites (tertiary alicyclic amines) is 2. The first-order chi connectivity index (χ1) is 16.1. The Morgan fingerprint density at radius 1 is 0.735 bits per heavy atom. The van der Waals surface area contributed by atoms with Crippen LogP contribution in [0.4, 0.5) is 0 Å². The molecule has 0 unspecified atom stereocenters. The summed E-state index contributed by atoms with van der Waals surface area (Å²) in [6.07, 6.45) is 2.05. The lowest BCUT2D eigenvalue weighted by molar-refractivity contribution is -0.146. The topological polar surface area (TPSA) is 200 Å². The molecule has 0 aromatic heterocycles. The second kappa shape index (κ2) is 12.5. The van der Waals surface area contributed by atoms with Gasteiger partial charge >= 0.3 is 0 Å². The smallest absolute Gasteiger partial charge is 0.246 e.